The molecule has 84 valence electrons. The highest BCUT2D eigenvalue weighted by molar-refractivity contribution is 6.34. The van der Waals surface area contributed by atoms with E-state index >= 15 is 0 Å². The molecule has 1 aliphatic carbocycles. The molecule has 2 aromatic rings. The molecule has 0 saturated heterocycles. The average molecular weight is 236 g/mol. The van der Waals surface area contributed by atoms with E-state index in [4.69, 9.17) is 11.6 Å². The highest BCUT2D eigenvalue weighted by atomic mass is 35.5. The highest BCUT2D eigenvalue weighted by Crippen LogP contribution is 2.37. The molecule has 3 nitrogen and oxygen atoms in total. The van der Waals surface area contributed by atoms with Crippen molar-refractivity contribution in [2.75, 3.05) is 0 Å². The van der Waals surface area contributed by atoms with Crippen molar-refractivity contribution in [2.45, 2.75) is 26.3 Å². The quantitative estimate of drug-likeness (QED) is 0.818. The van der Waals surface area contributed by atoms with Gasteiger partial charge in [0.2, 0.25) is 0 Å². The van der Waals surface area contributed by atoms with E-state index in [0.717, 1.165) is 28.5 Å². The van der Waals surface area contributed by atoms with E-state index in [2.05, 4.69) is 17.2 Å². The summed E-state index contributed by atoms with van der Waals surface area (Å²) in [5.41, 5.74) is 1.85. The predicted molar refractivity (Wildman–Crippen MR) is 64.4 cm³/mol. The lowest BCUT2D eigenvalue weighted by atomic mass is 10.1. The standard InChI is InChI=1S/C12H14ClN3/c1-8(9-5-6-9)7-16-12-10(13)3-2-4-11(12)14-15-16/h2-4,8-9H,5-7H2,1H3. The average Bonchev–Trinajstić information content (AvgIpc) is 3.03. The van der Waals surface area contributed by atoms with Crippen LogP contribution in [0.5, 0.6) is 0 Å². The first kappa shape index (κ1) is 10.1. The number of para-hydroxylation sites is 1. The maximum atomic E-state index is 6.18. The Hall–Kier alpha value is -1.09. The largest absolute Gasteiger partial charge is 0.243 e. The van der Waals surface area contributed by atoms with Gasteiger partial charge in [0.15, 0.2) is 0 Å². The van der Waals surface area contributed by atoms with Crippen LogP contribution in [0.1, 0.15) is 19.8 Å². The number of aromatic nitrogens is 3. The van der Waals surface area contributed by atoms with Crippen molar-refractivity contribution in [3.63, 3.8) is 0 Å². The zero-order valence-electron chi connectivity index (χ0n) is 9.23. The molecule has 0 bridgehead atoms. The summed E-state index contributed by atoms with van der Waals surface area (Å²) in [5.74, 6) is 1.54. The molecule has 4 heteroatoms. The van der Waals surface area contributed by atoms with E-state index in [1.807, 2.05) is 22.9 Å². The maximum absolute atomic E-state index is 6.18. The van der Waals surface area contributed by atoms with Crippen LogP contribution in [0, 0.1) is 11.8 Å². The molecule has 1 atom stereocenters. The Balaban J connectivity index is 1.96. The third-order valence-electron chi connectivity index (χ3n) is 3.37. The molecule has 1 aromatic carbocycles. The Labute approximate surface area is 99.4 Å². The fourth-order valence-corrected chi connectivity index (χ4v) is 2.47. The van der Waals surface area contributed by atoms with Crippen LogP contribution >= 0.6 is 11.6 Å². The summed E-state index contributed by atoms with van der Waals surface area (Å²) in [5, 5.41) is 9.07. The van der Waals surface area contributed by atoms with Gasteiger partial charge >= 0.3 is 0 Å². The fraction of sp³-hybridized carbons (Fsp3) is 0.500. The number of benzene rings is 1. The van der Waals surface area contributed by atoms with E-state index in [9.17, 15) is 0 Å². The van der Waals surface area contributed by atoms with E-state index < -0.39 is 0 Å². The molecule has 0 amide bonds. The number of nitrogens with zero attached hydrogens (tertiary/aromatic N) is 3. The molecular formula is C12H14ClN3. The molecular weight excluding hydrogens is 222 g/mol. The number of fused-ring (bicyclic) bond motifs is 1. The summed E-state index contributed by atoms with van der Waals surface area (Å²) in [4.78, 5) is 0. The number of hydrogen-bond acceptors (Lipinski definition) is 2. The first-order valence-electron chi connectivity index (χ1n) is 5.73. The van der Waals surface area contributed by atoms with Gasteiger partial charge in [-0.25, -0.2) is 4.68 Å². The molecule has 0 radical (unpaired) electrons. The Kier molecular flexibility index (Phi) is 2.36. The van der Waals surface area contributed by atoms with Crippen molar-refractivity contribution in [2.24, 2.45) is 11.8 Å². The van der Waals surface area contributed by atoms with E-state index in [1.165, 1.54) is 12.8 Å². The summed E-state index contributed by atoms with van der Waals surface area (Å²) in [6.07, 6.45) is 2.73. The van der Waals surface area contributed by atoms with Crippen molar-refractivity contribution < 1.29 is 0 Å². The van der Waals surface area contributed by atoms with Gasteiger partial charge < -0.3 is 0 Å². The number of rotatable bonds is 3. The molecule has 0 spiro atoms. The van der Waals surface area contributed by atoms with Crippen LogP contribution in [0.15, 0.2) is 18.2 Å². The Bertz CT molecular complexity index is 516. The highest BCUT2D eigenvalue weighted by Gasteiger charge is 2.28. The number of hydrogen-bond donors (Lipinski definition) is 0. The minimum Gasteiger partial charge on any atom is -0.243 e. The van der Waals surface area contributed by atoms with E-state index in [1.54, 1.807) is 0 Å². The molecule has 1 fully saturated rings. The van der Waals surface area contributed by atoms with Crippen LogP contribution in [0.4, 0.5) is 0 Å². The van der Waals surface area contributed by atoms with Crippen molar-refractivity contribution in [3.05, 3.63) is 23.2 Å². The zero-order chi connectivity index (χ0) is 11.1. The number of halogens is 1. The van der Waals surface area contributed by atoms with Gasteiger partial charge in [-0.15, -0.1) is 5.10 Å². The summed E-state index contributed by atoms with van der Waals surface area (Å²) in [6, 6.07) is 5.76. The van der Waals surface area contributed by atoms with Gasteiger partial charge in [0, 0.05) is 6.54 Å². The molecule has 1 aromatic heterocycles. The lowest BCUT2D eigenvalue weighted by molar-refractivity contribution is 0.407. The van der Waals surface area contributed by atoms with Gasteiger partial charge in [0.05, 0.1) is 5.02 Å². The first-order valence-corrected chi connectivity index (χ1v) is 6.11. The fourth-order valence-electron chi connectivity index (χ4n) is 2.20. The van der Waals surface area contributed by atoms with Gasteiger partial charge in [-0.05, 0) is 36.8 Å². The second kappa shape index (κ2) is 3.74. The second-order valence-corrected chi connectivity index (χ2v) is 5.10. The van der Waals surface area contributed by atoms with Crippen molar-refractivity contribution in [1.82, 2.24) is 15.0 Å². The molecule has 0 N–H and O–H groups in total. The van der Waals surface area contributed by atoms with Crippen molar-refractivity contribution >= 4 is 22.6 Å². The lowest BCUT2D eigenvalue weighted by Crippen LogP contribution is -2.10. The monoisotopic (exact) mass is 235 g/mol. The van der Waals surface area contributed by atoms with Crippen molar-refractivity contribution in [1.29, 1.82) is 0 Å². The van der Waals surface area contributed by atoms with Crippen LogP contribution in [0.2, 0.25) is 5.02 Å². The summed E-state index contributed by atoms with van der Waals surface area (Å²) >= 11 is 6.18. The third kappa shape index (κ3) is 1.69. The summed E-state index contributed by atoms with van der Waals surface area (Å²) < 4.78 is 1.95. The van der Waals surface area contributed by atoms with Gasteiger partial charge in [-0.1, -0.05) is 29.8 Å². The Morgan fingerprint density at radius 1 is 1.50 bits per heavy atom. The minimum absolute atomic E-state index is 0.668. The van der Waals surface area contributed by atoms with Crippen molar-refractivity contribution in [3.8, 4) is 0 Å². The lowest BCUT2D eigenvalue weighted by Gasteiger charge is -2.10. The van der Waals surface area contributed by atoms with Crippen LogP contribution in [-0.4, -0.2) is 15.0 Å². The van der Waals surface area contributed by atoms with Crippen LogP contribution in [0.25, 0.3) is 11.0 Å². The molecule has 1 aliphatic rings. The minimum atomic E-state index is 0.668. The van der Waals surface area contributed by atoms with Crippen LogP contribution < -0.4 is 0 Å². The molecule has 1 unspecified atom stereocenters. The van der Waals surface area contributed by atoms with Gasteiger partial charge in [-0.2, -0.15) is 0 Å². The van der Waals surface area contributed by atoms with E-state index in [-0.39, 0.29) is 0 Å². The molecule has 1 heterocycles. The molecule has 1 saturated carbocycles. The summed E-state index contributed by atoms with van der Waals surface area (Å²) in [6.45, 7) is 3.20. The SMILES string of the molecule is CC(Cn1nnc2cccc(Cl)c21)C1CC1. The molecule has 16 heavy (non-hydrogen) atoms. The van der Waals surface area contributed by atoms with Gasteiger partial charge in [0.1, 0.15) is 11.0 Å². The van der Waals surface area contributed by atoms with Crippen LogP contribution in [-0.2, 0) is 6.54 Å². The zero-order valence-corrected chi connectivity index (χ0v) is 9.98. The maximum Gasteiger partial charge on any atom is 0.114 e. The Morgan fingerprint density at radius 2 is 2.31 bits per heavy atom. The molecule has 3 rings (SSSR count). The van der Waals surface area contributed by atoms with E-state index in [0.29, 0.717) is 5.92 Å². The first-order chi connectivity index (χ1) is 7.75. The van der Waals surface area contributed by atoms with Crippen LogP contribution in [0.3, 0.4) is 0 Å². The Morgan fingerprint density at radius 3 is 3.06 bits per heavy atom. The van der Waals surface area contributed by atoms with Gasteiger partial charge in [-0.3, -0.25) is 0 Å². The predicted octanol–water partition coefficient (Wildman–Crippen LogP) is 3.13. The summed E-state index contributed by atoms with van der Waals surface area (Å²) in [7, 11) is 0. The normalized spacial score (nSPS) is 17.9. The smallest absolute Gasteiger partial charge is 0.114 e. The molecule has 0 aliphatic heterocycles. The second-order valence-electron chi connectivity index (χ2n) is 4.69. The van der Waals surface area contributed by atoms with Gasteiger partial charge in [0.25, 0.3) is 0 Å². The third-order valence-corrected chi connectivity index (χ3v) is 3.68. The topological polar surface area (TPSA) is 30.7 Å².